The normalized spacial score (nSPS) is 10.3. The SMILES string of the molecule is N#CCc1cc(I)nc(C(F)F)c1Cl. The van der Waals surface area contributed by atoms with Crippen molar-refractivity contribution in [3.8, 4) is 6.07 Å². The lowest BCUT2D eigenvalue weighted by Crippen LogP contribution is -1.98. The summed E-state index contributed by atoms with van der Waals surface area (Å²) in [5, 5.41) is 8.34. The highest BCUT2D eigenvalue weighted by Gasteiger charge is 2.17. The molecule has 1 rings (SSSR count). The van der Waals surface area contributed by atoms with Crippen LogP contribution >= 0.6 is 34.2 Å². The van der Waals surface area contributed by atoms with E-state index in [4.69, 9.17) is 16.9 Å². The summed E-state index contributed by atoms with van der Waals surface area (Å²) in [6.07, 6.45) is -2.70. The molecule has 74 valence electrons. The van der Waals surface area contributed by atoms with E-state index in [1.165, 1.54) is 6.07 Å². The fourth-order valence-corrected chi connectivity index (χ4v) is 1.81. The molecular formula is C8H4ClF2IN2. The van der Waals surface area contributed by atoms with Gasteiger partial charge in [-0.05, 0) is 34.2 Å². The van der Waals surface area contributed by atoms with Crippen LogP contribution in [-0.4, -0.2) is 4.98 Å². The van der Waals surface area contributed by atoms with Gasteiger partial charge in [0.2, 0.25) is 0 Å². The van der Waals surface area contributed by atoms with Crippen LogP contribution in [-0.2, 0) is 6.42 Å². The van der Waals surface area contributed by atoms with Crippen LogP contribution in [0.1, 0.15) is 17.7 Å². The van der Waals surface area contributed by atoms with E-state index in [9.17, 15) is 8.78 Å². The van der Waals surface area contributed by atoms with E-state index in [0.29, 0.717) is 9.26 Å². The molecular weight excluding hydrogens is 324 g/mol. The zero-order valence-corrected chi connectivity index (χ0v) is 9.68. The Hall–Kier alpha value is -0.480. The number of aromatic nitrogens is 1. The molecule has 0 radical (unpaired) electrons. The number of hydrogen-bond donors (Lipinski definition) is 0. The molecule has 0 saturated heterocycles. The predicted molar refractivity (Wildman–Crippen MR) is 56.2 cm³/mol. The van der Waals surface area contributed by atoms with E-state index < -0.39 is 12.1 Å². The molecule has 2 nitrogen and oxygen atoms in total. The van der Waals surface area contributed by atoms with Crippen LogP contribution in [0.5, 0.6) is 0 Å². The summed E-state index contributed by atoms with van der Waals surface area (Å²) in [4.78, 5) is 3.61. The summed E-state index contributed by atoms with van der Waals surface area (Å²) in [5.41, 5.74) is -0.0623. The van der Waals surface area contributed by atoms with Crippen LogP contribution in [0.25, 0.3) is 0 Å². The second kappa shape index (κ2) is 4.84. The highest BCUT2D eigenvalue weighted by atomic mass is 127. The Labute approximate surface area is 98.0 Å². The molecule has 1 heterocycles. The topological polar surface area (TPSA) is 36.7 Å². The van der Waals surface area contributed by atoms with Gasteiger partial charge in [0.15, 0.2) is 0 Å². The average molecular weight is 328 g/mol. The number of hydrogen-bond acceptors (Lipinski definition) is 2. The third-order valence-corrected chi connectivity index (χ3v) is 2.49. The van der Waals surface area contributed by atoms with Crippen molar-refractivity contribution in [2.45, 2.75) is 12.8 Å². The van der Waals surface area contributed by atoms with Crippen molar-refractivity contribution in [1.82, 2.24) is 4.98 Å². The van der Waals surface area contributed by atoms with Crippen LogP contribution in [0.2, 0.25) is 5.02 Å². The van der Waals surface area contributed by atoms with E-state index in [2.05, 4.69) is 4.98 Å². The van der Waals surface area contributed by atoms with E-state index in [1.54, 1.807) is 0 Å². The van der Waals surface area contributed by atoms with Crippen molar-refractivity contribution < 1.29 is 8.78 Å². The Morgan fingerprint density at radius 2 is 2.29 bits per heavy atom. The minimum Gasteiger partial charge on any atom is -0.239 e. The van der Waals surface area contributed by atoms with Crippen molar-refractivity contribution in [2.24, 2.45) is 0 Å². The molecule has 0 aliphatic rings. The van der Waals surface area contributed by atoms with Crippen molar-refractivity contribution in [3.05, 3.63) is 26.0 Å². The van der Waals surface area contributed by atoms with Crippen LogP contribution in [0.4, 0.5) is 8.78 Å². The molecule has 0 amide bonds. The molecule has 6 heteroatoms. The molecule has 0 bridgehead atoms. The maximum atomic E-state index is 12.4. The molecule has 0 N–H and O–H groups in total. The fourth-order valence-electron chi connectivity index (χ4n) is 0.926. The highest BCUT2D eigenvalue weighted by molar-refractivity contribution is 14.1. The zero-order chi connectivity index (χ0) is 10.7. The molecule has 0 atom stereocenters. The lowest BCUT2D eigenvalue weighted by atomic mass is 10.2. The fraction of sp³-hybridized carbons (Fsp3) is 0.250. The van der Waals surface area contributed by atoms with Crippen LogP contribution < -0.4 is 0 Å². The first kappa shape index (κ1) is 11.6. The molecule has 0 aromatic carbocycles. The Bertz CT molecular complexity index is 390. The highest BCUT2D eigenvalue weighted by Crippen LogP contribution is 2.29. The first-order valence-electron chi connectivity index (χ1n) is 3.56. The number of alkyl halides is 2. The molecule has 1 aromatic rings. The summed E-state index contributed by atoms with van der Waals surface area (Å²) in [6, 6.07) is 3.38. The Morgan fingerprint density at radius 1 is 1.64 bits per heavy atom. The third kappa shape index (κ3) is 2.51. The third-order valence-electron chi connectivity index (χ3n) is 1.50. The summed E-state index contributed by atoms with van der Waals surface area (Å²) in [6.45, 7) is 0. The largest absolute Gasteiger partial charge is 0.281 e. The molecule has 1 aromatic heterocycles. The number of rotatable bonds is 2. The quantitative estimate of drug-likeness (QED) is 0.617. The molecule has 0 spiro atoms. The number of halogens is 4. The van der Waals surface area contributed by atoms with Crippen molar-refractivity contribution in [1.29, 1.82) is 5.26 Å². The maximum absolute atomic E-state index is 12.4. The minimum atomic E-state index is -2.71. The van der Waals surface area contributed by atoms with Crippen LogP contribution in [0.15, 0.2) is 6.07 Å². The summed E-state index contributed by atoms with van der Waals surface area (Å²) in [5.74, 6) is 0. The van der Waals surface area contributed by atoms with Gasteiger partial charge in [0.25, 0.3) is 6.43 Å². The molecule has 0 unspecified atom stereocenters. The molecule has 0 aliphatic carbocycles. The Morgan fingerprint density at radius 3 is 2.79 bits per heavy atom. The number of nitrogens with zero attached hydrogens (tertiary/aromatic N) is 2. The first-order valence-corrected chi connectivity index (χ1v) is 5.02. The molecule has 0 saturated carbocycles. The van der Waals surface area contributed by atoms with Crippen LogP contribution in [0, 0.1) is 15.0 Å². The van der Waals surface area contributed by atoms with Crippen molar-refractivity contribution >= 4 is 34.2 Å². The van der Waals surface area contributed by atoms with E-state index >= 15 is 0 Å². The van der Waals surface area contributed by atoms with E-state index in [1.807, 2.05) is 28.7 Å². The van der Waals surface area contributed by atoms with Gasteiger partial charge in [-0.2, -0.15) is 5.26 Å². The van der Waals surface area contributed by atoms with Gasteiger partial charge >= 0.3 is 0 Å². The zero-order valence-electron chi connectivity index (χ0n) is 6.77. The molecule has 0 aliphatic heterocycles. The Balaban J connectivity index is 3.26. The monoisotopic (exact) mass is 328 g/mol. The van der Waals surface area contributed by atoms with Gasteiger partial charge in [0.05, 0.1) is 17.5 Å². The van der Waals surface area contributed by atoms with Gasteiger partial charge in [-0.25, -0.2) is 13.8 Å². The lowest BCUT2D eigenvalue weighted by Gasteiger charge is -2.06. The van der Waals surface area contributed by atoms with Gasteiger partial charge in [-0.3, -0.25) is 0 Å². The van der Waals surface area contributed by atoms with Gasteiger partial charge < -0.3 is 0 Å². The first-order chi connectivity index (χ1) is 6.56. The minimum absolute atomic E-state index is 0.0110. The van der Waals surface area contributed by atoms with E-state index in [0.717, 1.165) is 0 Å². The van der Waals surface area contributed by atoms with Gasteiger partial charge in [-0.15, -0.1) is 0 Å². The van der Waals surface area contributed by atoms with Crippen LogP contribution in [0.3, 0.4) is 0 Å². The average Bonchev–Trinajstić information content (AvgIpc) is 2.10. The standard InChI is InChI=1S/C8H4ClF2IN2/c9-6-4(1-2-13)3-5(12)14-7(6)8(10)11/h3,8H,1H2. The smallest absolute Gasteiger partial charge is 0.239 e. The second-order valence-electron chi connectivity index (χ2n) is 2.44. The number of pyridine rings is 1. The molecule has 0 fully saturated rings. The van der Waals surface area contributed by atoms with Gasteiger partial charge in [0.1, 0.15) is 9.39 Å². The Kier molecular flexibility index (Phi) is 4.01. The summed E-state index contributed by atoms with van der Waals surface area (Å²) >= 11 is 7.47. The van der Waals surface area contributed by atoms with Gasteiger partial charge in [-0.1, -0.05) is 11.6 Å². The van der Waals surface area contributed by atoms with Crippen molar-refractivity contribution in [3.63, 3.8) is 0 Å². The summed E-state index contributed by atoms with van der Waals surface area (Å²) in [7, 11) is 0. The maximum Gasteiger partial charge on any atom is 0.281 e. The summed E-state index contributed by atoms with van der Waals surface area (Å²) < 4.78 is 25.2. The lowest BCUT2D eigenvalue weighted by molar-refractivity contribution is 0.146. The second-order valence-corrected chi connectivity index (χ2v) is 3.92. The van der Waals surface area contributed by atoms with E-state index in [-0.39, 0.29) is 11.4 Å². The molecule has 14 heavy (non-hydrogen) atoms. The predicted octanol–water partition coefficient (Wildman–Crippen LogP) is 3.34. The number of nitriles is 1. The van der Waals surface area contributed by atoms with Gasteiger partial charge in [0, 0.05) is 0 Å². The van der Waals surface area contributed by atoms with Crippen molar-refractivity contribution in [2.75, 3.05) is 0 Å².